The number of aliphatic hydroxyl groups excluding tert-OH is 1. The topological polar surface area (TPSA) is 39.6 Å². The molecular formula is C13H21N3O. The maximum absolute atomic E-state index is 9.31. The van der Waals surface area contributed by atoms with Crippen LogP contribution in [-0.4, -0.2) is 48.7 Å². The second kappa shape index (κ2) is 5.47. The largest absolute Gasteiger partial charge is 0.392 e. The molecule has 1 N–H and O–H groups in total. The summed E-state index contributed by atoms with van der Waals surface area (Å²) < 4.78 is 0. The first-order chi connectivity index (χ1) is 8.20. The molecule has 0 radical (unpaired) electrons. The van der Waals surface area contributed by atoms with Crippen LogP contribution in [-0.2, 0) is 6.61 Å². The fraction of sp³-hybridized carbons (Fsp3) is 0.615. The Bertz CT molecular complexity index is 369. The van der Waals surface area contributed by atoms with Crippen LogP contribution in [0.15, 0.2) is 18.5 Å². The van der Waals surface area contributed by atoms with E-state index in [9.17, 15) is 5.11 Å². The molecule has 4 heteroatoms. The second-order valence-corrected chi connectivity index (χ2v) is 4.96. The highest BCUT2D eigenvalue weighted by Crippen LogP contribution is 2.22. The van der Waals surface area contributed by atoms with E-state index in [0.717, 1.165) is 23.7 Å². The molecule has 0 spiro atoms. The highest BCUT2D eigenvalue weighted by Gasteiger charge is 2.21. The quantitative estimate of drug-likeness (QED) is 0.844. The first-order valence-corrected chi connectivity index (χ1v) is 6.14. The van der Waals surface area contributed by atoms with Crippen molar-refractivity contribution >= 4 is 5.69 Å². The lowest BCUT2D eigenvalue weighted by atomic mass is 10.1. The summed E-state index contributed by atoms with van der Waals surface area (Å²) in [6, 6.07) is 1.88. The molecule has 1 aromatic heterocycles. The van der Waals surface area contributed by atoms with E-state index < -0.39 is 0 Å². The molecule has 1 atom stereocenters. The van der Waals surface area contributed by atoms with Crippen LogP contribution in [0.5, 0.6) is 0 Å². The van der Waals surface area contributed by atoms with E-state index >= 15 is 0 Å². The van der Waals surface area contributed by atoms with Crippen molar-refractivity contribution < 1.29 is 5.11 Å². The number of anilines is 1. The van der Waals surface area contributed by atoms with Crippen LogP contribution in [0.25, 0.3) is 0 Å². The third kappa shape index (κ3) is 2.96. The predicted molar refractivity (Wildman–Crippen MR) is 69.0 cm³/mol. The summed E-state index contributed by atoms with van der Waals surface area (Å²) in [5.74, 6) is 0.719. The Balaban J connectivity index is 2.01. The molecule has 17 heavy (non-hydrogen) atoms. The Morgan fingerprint density at radius 2 is 2.41 bits per heavy atom. The number of hydrogen-bond donors (Lipinski definition) is 1. The third-order valence-electron chi connectivity index (χ3n) is 3.49. The molecular weight excluding hydrogens is 214 g/mol. The summed E-state index contributed by atoms with van der Waals surface area (Å²) in [6.07, 6.45) is 4.83. The van der Waals surface area contributed by atoms with Crippen LogP contribution >= 0.6 is 0 Å². The average Bonchev–Trinajstić information content (AvgIpc) is 2.74. The monoisotopic (exact) mass is 235 g/mol. The van der Waals surface area contributed by atoms with E-state index in [1.54, 1.807) is 6.20 Å². The summed E-state index contributed by atoms with van der Waals surface area (Å²) in [6.45, 7) is 3.47. The van der Waals surface area contributed by atoms with Gasteiger partial charge in [-0.2, -0.15) is 0 Å². The number of pyridine rings is 1. The number of nitrogens with zero attached hydrogens (tertiary/aromatic N) is 3. The molecule has 1 unspecified atom stereocenters. The lowest BCUT2D eigenvalue weighted by molar-refractivity contribution is 0.282. The molecule has 4 nitrogen and oxygen atoms in total. The van der Waals surface area contributed by atoms with E-state index in [4.69, 9.17) is 0 Å². The molecule has 0 bridgehead atoms. The van der Waals surface area contributed by atoms with Crippen molar-refractivity contribution in [1.29, 1.82) is 0 Å². The molecule has 0 aliphatic carbocycles. The third-order valence-corrected chi connectivity index (χ3v) is 3.49. The Morgan fingerprint density at radius 3 is 3.06 bits per heavy atom. The van der Waals surface area contributed by atoms with E-state index in [2.05, 4.69) is 28.9 Å². The van der Waals surface area contributed by atoms with Crippen molar-refractivity contribution in [2.24, 2.45) is 5.92 Å². The van der Waals surface area contributed by atoms with E-state index in [-0.39, 0.29) is 6.61 Å². The molecule has 1 saturated heterocycles. The van der Waals surface area contributed by atoms with Crippen LogP contribution in [0, 0.1) is 5.92 Å². The first-order valence-electron chi connectivity index (χ1n) is 6.14. The van der Waals surface area contributed by atoms with Gasteiger partial charge >= 0.3 is 0 Å². The van der Waals surface area contributed by atoms with Crippen LogP contribution in [0.2, 0.25) is 0 Å². The first kappa shape index (κ1) is 12.3. The fourth-order valence-corrected chi connectivity index (χ4v) is 2.55. The van der Waals surface area contributed by atoms with Crippen molar-refractivity contribution in [3.05, 3.63) is 24.0 Å². The standard InChI is InChI=1S/C13H21N3O/c1-15-6-4-11(8-15)9-16(2)13-7-14-5-3-12(13)10-17/h3,5,7,11,17H,4,6,8-10H2,1-2H3. The predicted octanol–water partition coefficient (Wildman–Crippen LogP) is 0.962. The number of likely N-dealkylation sites (tertiary alicyclic amines) is 1. The summed E-state index contributed by atoms with van der Waals surface area (Å²) in [7, 11) is 4.25. The summed E-state index contributed by atoms with van der Waals surface area (Å²) >= 11 is 0. The molecule has 0 amide bonds. The average molecular weight is 235 g/mol. The number of rotatable bonds is 4. The molecule has 2 rings (SSSR count). The van der Waals surface area contributed by atoms with Gasteiger partial charge in [0.1, 0.15) is 0 Å². The van der Waals surface area contributed by atoms with Crippen LogP contribution in [0.3, 0.4) is 0 Å². The molecule has 1 aliphatic rings. The van der Waals surface area contributed by atoms with Crippen molar-refractivity contribution in [2.45, 2.75) is 13.0 Å². The highest BCUT2D eigenvalue weighted by atomic mass is 16.3. The minimum atomic E-state index is 0.0762. The Hall–Kier alpha value is -1.13. The molecule has 1 aromatic rings. The molecule has 94 valence electrons. The summed E-state index contributed by atoms with van der Waals surface area (Å²) in [4.78, 5) is 8.72. The van der Waals surface area contributed by atoms with Gasteiger partial charge in [-0.25, -0.2) is 0 Å². The summed E-state index contributed by atoms with van der Waals surface area (Å²) in [5.41, 5.74) is 2.00. The Labute approximate surface area is 103 Å². The lowest BCUT2D eigenvalue weighted by Gasteiger charge is -2.24. The van der Waals surface area contributed by atoms with Crippen LogP contribution < -0.4 is 4.90 Å². The number of aliphatic hydroxyl groups is 1. The molecule has 0 saturated carbocycles. The maximum Gasteiger partial charge on any atom is 0.0703 e. The minimum absolute atomic E-state index is 0.0762. The zero-order valence-electron chi connectivity index (χ0n) is 10.6. The van der Waals surface area contributed by atoms with Gasteiger partial charge in [0, 0.05) is 31.9 Å². The zero-order valence-corrected chi connectivity index (χ0v) is 10.6. The molecule has 1 aliphatic heterocycles. The van der Waals surface area contributed by atoms with E-state index in [1.807, 2.05) is 12.3 Å². The van der Waals surface area contributed by atoms with Gasteiger partial charge < -0.3 is 14.9 Å². The number of hydrogen-bond acceptors (Lipinski definition) is 4. The Morgan fingerprint density at radius 1 is 1.59 bits per heavy atom. The van der Waals surface area contributed by atoms with Gasteiger partial charge in [-0.15, -0.1) is 0 Å². The van der Waals surface area contributed by atoms with Crippen molar-refractivity contribution in [3.8, 4) is 0 Å². The molecule has 1 fully saturated rings. The van der Waals surface area contributed by atoms with Crippen molar-refractivity contribution in [2.75, 3.05) is 38.6 Å². The minimum Gasteiger partial charge on any atom is -0.392 e. The zero-order chi connectivity index (χ0) is 12.3. The molecule has 0 aromatic carbocycles. The van der Waals surface area contributed by atoms with Crippen LogP contribution in [0.1, 0.15) is 12.0 Å². The fourth-order valence-electron chi connectivity index (χ4n) is 2.55. The van der Waals surface area contributed by atoms with Gasteiger partial charge in [0.05, 0.1) is 18.5 Å². The van der Waals surface area contributed by atoms with Gasteiger partial charge in [0.25, 0.3) is 0 Å². The van der Waals surface area contributed by atoms with Gasteiger partial charge in [0.2, 0.25) is 0 Å². The number of aromatic nitrogens is 1. The van der Waals surface area contributed by atoms with E-state index in [1.165, 1.54) is 19.5 Å². The van der Waals surface area contributed by atoms with Crippen molar-refractivity contribution in [1.82, 2.24) is 9.88 Å². The maximum atomic E-state index is 9.31. The van der Waals surface area contributed by atoms with Gasteiger partial charge in [-0.1, -0.05) is 0 Å². The van der Waals surface area contributed by atoms with Gasteiger partial charge in [-0.3, -0.25) is 4.98 Å². The highest BCUT2D eigenvalue weighted by molar-refractivity contribution is 5.50. The normalized spacial score (nSPS) is 20.8. The summed E-state index contributed by atoms with van der Waals surface area (Å²) in [5, 5.41) is 9.31. The van der Waals surface area contributed by atoms with Gasteiger partial charge in [0.15, 0.2) is 0 Å². The lowest BCUT2D eigenvalue weighted by Crippen LogP contribution is -2.28. The SMILES string of the molecule is CN1CCC(CN(C)c2cnccc2CO)C1. The smallest absolute Gasteiger partial charge is 0.0703 e. The molecule has 2 heterocycles. The van der Waals surface area contributed by atoms with E-state index in [0.29, 0.717) is 0 Å². The van der Waals surface area contributed by atoms with Crippen molar-refractivity contribution in [3.63, 3.8) is 0 Å². The van der Waals surface area contributed by atoms with Crippen LogP contribution in [0.4, 0.5) is 5.69 Å². The van der Waals surface area contributed by atoms with Gasteiger partial charge in [-0.05, 0) is 32.0 Å². The Kier molecular flexibility index (Phi) is 3.97. The second-order valence-electron chi connectivity index (χ2n) is 4.96.